The molecule has 0 fully saturated rings. The van der Waals surface area contributed by atoms with Gasteiger partial charge in [0.15, 0.2) is 0 Å². The van der Waals surface area contributed by atoms with Crippen LogP contribution in [0.1, 0.15) is 21.5 Å². The highest BCUT2D eigenvalue weighted by Gasteiger charge is 2.17. The first kappa shape index (κ1) is 15.5. The fraction of sp³-hybridized carbons (Fsp3) is 0.250. The summed E-state index contributed by atoms with van der Waals surface area (Å²) in [5.41, 5.74) is 2.63. The number of methoxy groups -OCH3 is 1. The van der Waals surface area contributed by atoms with Crippen molar-refractivity contribution in [2.45, 2.75) is 11.2 Å². The molecule has 0 saturated heterocycles. The van der Waals surface area contributed by atoms with Gasteiger partial charge in [-0.2, -0.15) is 0 Å². The largest absolute Gasteiger partial charge is 0.384 e. The van der Waals surface area contributed by atoms with Crippen molar-refractivity contribution in [2.75, 3.05) is 13.7 Å². The number of hydrogen-bond acceptors (Lipinski definition) is 1. The lowest BCUT2D eigenvalue weighted by Gasteiger charge is -2.14. The lowest BCUT2D eigenvalue weighted by atomic mass is 10.0. The van der Waals surface area contributed by atoms with E-state index in [1.807, 2.05) is 24.3 Å². The summed E-state index contributed by atoms with van der Waals surface area (Å²) in [6.45, 7) is 0.691. The van der Waals surface area contributed by atoms with Gasteiger partial charge in [0.25, 0.3) is 0 Å². The number of ether oxygens (including phenoxy) is 1. The standard InChI is InChI=1S/C16H15BrClFO/c1-20-10-9-11-5-7-12(8-6-11)16(17)15-13(18)3-2-4-14(15)19/h2-8,16H,9-10H2,1H3. The Morgan fingerprint density at radius 2 is 1.90 bits per heavy atom. The van der Waals surface area contributed by atoms with Crippen molar-refractivity contribution in [2.24, 2.45) is 0 Å². The number of rotatable bonds is 5. The van der Waals surface area contributed by atoms with Gasteiger partial charge in [-0.1, -0.05) is 57.9 Å². The van der Waals surface area contributed by atoms with Crippen molar-refractivity contribution in [3.63, 3.8) is 0 Å². The van der Waals surface area contributed by atoms with E-state index in [0.717, 1.165) is 12.0 Å². The van der Waals surface area contributed by atoms with Crippen LogP contribution in [0.25, 0.3) is 0 Å². The van der Waals surface area contributed by atoms with Crippen LogP contribution in [0.2, 0.25) is 5.02 Å². The Kier molecular flexibility index (Phi) is 5.58. The fourth-order valence-corrected chi connectivity index (χ4v) is 3.17. The fourth-order valence-electron chi connectivity index (χ4n) is 1.99. The molecule has 0 radical (unpaired) electrons. The summed E-state index contributed by atoms with van der Waals surface area (Å²) < 4.78 is 18.9. The monoisotopic (exact) mass is 356 g/mol. The van der Waals surface area contributed by atoms with Gasteiger partial charge in [0.05, 0.1) is 11.4 Å². The van der Waals surface area contributed by atoms with Crippen LogP contribution in [0.15, 0.2) is 42.5 Å². The molecule has 0 saturated carbocycles. The predicted molar refractivity (Wildman–Crippen MR) is 84.2 cm³/mol. The third-order valence-corrected chi connectivity index (χ3v) is 4.44. The third kappa shape index (κ3) is 3.60. The zero-order chi connectivity index (χ0) is 14.5. The molecule has 1 unspecified atom stereocenters. The minimum Gasteiger partial charge on any atom is -0.384 e. The summed E-state index contributed by atoms with van der Waals surface area (Å²) in [6.07, 6.45) is 0.865. The van der Waals surface area contributed by atoms with Gasteiger partial charge >= 0.3 is 0 Å². The summed E-state index contributed by atoms with van der Waals surface area (Å²) in [4.78, 5) is -0.257. The highest BCUT2D eigenvalue weighted by atomic mass is 79.9. The smallest absolute Gasteiger partial charge is 0.129 e. The van der Waals surface area contributed by atoms with Crippen molar-refractivity contribution in [1.82, 2.24) is 0 Å². The van der Waals surface area contributed by atoms with Crippen LogP contribution >= 0.6 is 27.5 Å². The van der Waals surface area contributed by atoms with E-state index in [1.54, 1.807) is 19.2 Å². The number of halogens is 3. The molecule has 0 aliphatic heterocycles. The van der Waals surface area contributed by atoms with Crippen LogP contribution in [-0.2, 0) is 11.2 Å². The first-order valence-corrected chi connectivity index (χ1v) is 7.58. The second kappa shape index (κ2) is 7.21. The van der Waals surface area contributed by atoms with Gasteiger partial charge < -0.3 is 4.74 Å². The van der Waals surface area contributed by atoms with Crippen molar-refractivity contribution >= 4 is 27.5 Å². The maximum Gasteiger partial charge on any atom is 0.129 e. The second-order valence-corrected chi connectivity index (χ2v) is 5.81. The number of benzene rings is 2. The molecule has 2 aromatic carbocycles. The highest BCUT2D eigenvalue weighted by molar-refractivity contribution is 9.09. The molecule has 4 heteroatoms. The molecule has 20 heavy (non-hydrogen) atoms. The molecule has 0 bridgehead atoms. The predicted octanol–water partition coefficient (Wildman–Crippen LogP) is 5.15. The Morgan fingerprint density at radius 3 is 2.50 bits per heavy atom. The molecular formula is C16H15BrClFO. The van der Waals surface area contributed by atoms with Gasteiger partial charge in [-0.15, -0.1) is 0 Å². The van der Waals surface area contributed by atoms with Crippen molar-refractivity contribution < 1.29 is 9.13 Å². The van der Waals surface area contributed by atoms with Crippen LogP contribution in [0.5, 0.6) is 0 Å². The molecule has 106 valence electrons. The maximum absolute atomic E-state index is 13.9. The Morgan fingerprint density at radius 1 is 1.20 bits per heavy atom. The van der Waals surface area contributed by atoms with Gasteiger partial charge in [0.2, 0.25) is 0 Å². The molecule has 0 heterocycles. The minimum absolute atomic E-state index is 0.257. The zero-order valence-electron chi connectivity index (χ0n) is 11.1. The van der Waals surface area contributed by atoms with Gasteiger partial charge in [-0.25, -0.2) is 4.39 Å². The van der Waals surface area contributed by atoms with Crippen molar-refractivity contribution in [3.05, 3.63) is 70.0 Å². The molecule has 0 aliphatic rings. The van der Waals surface area contributed by atoms with Crippen LogP contribution in [-0.4, -0.2) is 13.7 Å². The molecule has 0 amide bonds. The number of alkyl halides is 1. The van der Waals surface area contributed by atoms with Crippen LogP contribution in [0, 0.1) is 5.82 Å². The summed E-state index contributed by atoms with van der Waals surface area (Å²) in [7, 11) is 1.68. The summed E-state index contributed by atoms with van der Waals surface area (Å²) in [5, 5.41) is 0.426. The highest BCUT2D eigenvalue weighted by Crippen LogP contribution is 2.36. The molecule has 0 aliphatic carbocycles. The quantitative estimate of drug-likeness (QED) is 0.672. The Balaban J connectivity index is 2.23. The van der Waals surface area contributed by atoms with E-state index in [9.17, 15) is 4.39 Å². The van der Waals surface area contributed by atoms with Gasteiger partial charge in [0, 0.05) is 17.7 Å². The average molecular weight is 358 g/mol. The first-order valence-electron chi connectivity index (χ1n) is 6.29. The SMILES string of the molecule is COCCc1ccc(C(Br)c2c(F)cccc2Cl)cc1. The molecule has 0 aromatic heterocycles. The average Bonchev–Trinajstić information content (AvgIpc) is 2.45. The van der Waals surface area contributed by atoms with Crippen LogP contribution in [0.3, 0.4) is 0 Å². The Hall–Kier alpha value is -0.900. The summed E-state index contributed by atoms with van der Waals surface area (Å²) >= 11 is 9.61. The van der Waals surface area contributed by atoms with Gasteiger partial charge in [-0.05, 0) is 29.7 Å². The molecule has 1 atom stereocenters. The van der Waals surface area contributed by atoms with Crippen molar-refractivity contribution in [1.29, 1.82) is 0 Å². The number of hydrogen-bond donors (Lipinski definition) is 0. The maximum atomic E-state index is 13.9. The van der Waals surface area contributed by atoms with E-state index in [4.69, 9.17) is 16.3 Å². The van der Waals surface area contributed by atoms with Crippen molar-refractivity contribution in [3.8, 4) is 0 Å². The van der Waals surface area contributed by atoms with E-state index >= 15 is 0 Å². The molecular weight excluding hydrogens is 343 g/mol. The molecule has 2 rings (SSSR count). The van der Waals surface area contributed by atoms with Crippen LogP contribution < -0.4 is 0 Å². The Bertz CT molecular complexity index is 551. The lowest BCUT2D eigenvalue weighted by Crippen LogP contribution is -1.99. The van der Waals surface area contributed by atoms with E-state index in [1.165, 1.54) is 11.6 Å². The Labute approximate surface area is 131 Å². The van der Waals surface area contributed by atoms with Gasteiger partial charge in [-0.3, -0.25) is 0 Å². The van der Waals surface area contributed by atoms with E-state index in [2.05, 4.69) is 15.9 Å². The van der Waals surface area contributed by atoms with E-state index in [0.29, 0.717) is 17.2 Å². The molecule has 0 spiro atoms. The second-order valence-electron chi connectivity index (χ2n) is 4.48. The molecule has 2 aromatic rings. The van der Waals surface area contributed by atoms with Gasteiger partial charge in [0.1, 0.15) is 5.82 Å². The van der Waals surface area contributed by atoms with Crippen LogP contribution in [0.4, 0.5) is 4.39 Å². The minimum atomic E-state index is -0.303. The van der Waals surface area contributed by atoms with E-state index in [-0.39, 0.29) is 10.6 Å². The van der Waals surface area contributed by atoms with E-state index < -0.39 is 0 Å². The topological polar surface area (TPSA) is 9.23 Å². The zero-order valence-corrected chi connectivity index (χ0v) is 13.4. The third-order valence-electron chi connectivity index (χ3n) is 3.12. The summed E-state index contributed by atoms with van der Waals surface area (Å²) in [5.74, 6) is -0.303. The normalized spacial score (nSPS) is 12.4. The summed E-state index contributed by atoms with van der Waals surface area (Å²) in [6, 6.07) is 12.7. The molecule has 0 N–H and O–H groups in total. The molecule has 1 nitrogen and oxygen atoms in total. The first-order chi connectivity index (χ1) is 9.63. The lowest BCUT2D eigenvalue weighted by molar-refractivity contribution is 0.202.